The van der Waals surface area contributed by atoms with Crippen LogP contribution in [0.4, 0.5) is 0 Å². The lowest BCUT2D eigenvalue weighted by molar-refractivity contribution is 0.0341. The van der Waals surface area contributed by atoms with Crippen LogP contribution in [0.2, 0.25) is 0 Å². The minimum absolute atomic E-state index is 0.415. The fraction of sp³-hybridized carbons (Fsp3) is 0.857. The molecule has 0 rings (SSSR count). The molecule has 0 saturated heterocycles. The molecular weight excluding hydrogens is 185 g/mol. The first kappa shape index (κ1) is 11.0. The molecule has 0 N–H and O–H groups in total. The normalized spacial score (nSPS) is 11.1. The number of nitriles is 1. The molecule has 0 aliphatic rings. The van der Waals surface area contributed by atoms with Gasteiger partial charge in [0.25, 0.3) is 0 Å². The van der Waals surface area contributed by atoms with Gasteiger partial charge < -0.3 is 4.74 Å². The fourth-order valence-corrected chi connectivity index (χ4v) is 1.40. The maximum Gasteiger partial charge on any atom is 0.156 e. The van der Waals surface area contributed by atoms with Gasteiger partial charge in [0.1, 0.15) is 0 Å². The molecule has 0 aliphatic carbocycles. The van der Waals surface area contributed by atoms with E-state index >= 15 is 0 Å². The van der Waals surface area contributed by atoms with Gasteiger partial charge in [0, 0.05) is 31.7 Å². The van der Waals surface area contributed by atoms with Crippen molar-refractivity contribution >= 4 is 23.2 Å². The molecule has 0 amide bonds. The number of nitrogens with zero attached hydrogens (tertiary/aromatic N) is 1. The zero-order valence-electron chi connectivity index (χ0n) is 6.44. The molecule has 0 atom stereocenters. The average Bonchev–Trinajstić information content (AvgIpc) is 2.04. The topological polar surface area (TPSA) is 33.0 Å². The molecule has 0 aromatic rings. The molecular formula is C7H11Cl2NO. The molecule has 2 nitrogen and oxygen atoms in total. The summed E-state index contributed by atoms with van der Waals surface area (Å²) in [4.78, 5) is 0. The molecule has 64 valence electrons. The Kier molecular flexibility index (Phi) is 5.67. The van der Waals surface area contributed by atoms with Gasteiger partial charge in [-0.05, 0) is 0 Å². The van der Waals surface area contributed by atoms with Crippen LogP contribution >= 0.6 is 23.2 Å². The zero-order chi connectivity index (χ0) is 8.74. The SMILES string of the molecule is COC(C#N)(CCCl)CCCl. The molecule has 0 aromatic carbocycles. The second-order valence-corrected chi connectivity index (χ2v) is 2.94. The summed E-state index contributed by atoms with van der Waals surface area (Å²) < 4.78 is 5.04. The van der Waals surface area contributed by atoms with E-state index in [4.69, 9.17) is 33.2 Å². The number of rotatable bonds is 5. The number of hydrogen-bond acceptors (Lipinski definition) is 2. The Hall–Kier alpha value is 0.0300. The Morgan fingerprint density at radius 3 is 2.00 bits per heavy atom. The van der Waals surface area contributed by atoms with Crippen LogP contribution in [0.15, 0.2) is 0 Å². The first-order valence-electron chi connectivity index (χ1n) is 3.33. The fourth-order valence-electron chi connectivity index (χ4n) is 0.792. The maximum atomic E-state index is 8.75. The molecule has 0 radical (unpaired) electrons. The third-order valence-corrected chi connectivity index (χ3v) is 1.97. The molecule has 0 saturated carbocycles. The monoisotopic (exact) mass is 195 g/mol. The van der Waals surface area contributed by atoms with Gasteiger partial charge in [-0.15, -0.1) is 23.2 Å². The summed E-state index contributed by atoms with van der Waals surface area (Å²) in [5, 5.41) is 8.75. The lowest BCUT2D eigenvalue weighted by Gasteiger charge is -2.22. The van der Waals surface area contributed by atoms with E-state index < -0.39 is 5.60 Å². The van der Waals surface area contributed by atoms with Gasteiger partial charge in [-0.25, -0.2) is 0 Å². The van der Waals surface area contributed by atoms with Crippen molar-refractivity contribution in [1.82, 2.24) is 0 Å². The molecule has 0 aliphatic heterocycles. The predicted octanol–water partition coefficient (Wildman–Crippen LogP) is 2.15. The summed E-state index contributed by atoms with van der Waals surface area (Å²) >= 11 is 11.0. The van der Waals surface area contributed by atoms with Crippen LogP contribution in [0.5, 0.6) is 0 Å². The standard InChI is InChI=1S/C7H11Cl2NO/c1-11-7(6-10,2-4-8)3-5-9/h2-5H2,1H3. The maximum absolute atomic E-state index is 8.75. The van der Waals surface area contributed by atoms with Crippen molar-refractivity contribution < 1.29 is 4.74 Å². The van der Waals surface area contributed by atoms with E-state index in [2.05, 4.69) is 6.07 Å². The third kappa shape index (κ3) is 3.29. The van der Waals surface area contributed by atoms with Crippen LogP contribution in [0.25, 0.3) is 0 Å². The van der Waals surface area contributed by atoms with Crippen molar-refractivity contribution in [3.05, 3.63) is 0 Å². The van der Waals surface area contributed by atoms with Crippen molar-refractivity contribution in [2.75, 3.05) is 18.9 Å². The van der Waals surface area contributed by atoms with Gasteiger partial charge in [0.05, 0.1) is 6.07 Å². The van der Waals surface area contributed by atoms with Crippen LogP contribution in [0.3, 0.4) is 0 Å². The summed E-state index contributed by atoms with van der Waals surface area (Å²) in [7, 11) is 1.50. The number of methoxy groups -OCH3 is 1. The van der Waals surface area contributed by atoms with Gasteiger partial charge >= 0.3 is 0 Å². The molecule has 0 fully saturated rings. The van der Waals surface area contributed by atoms with E-state index in [0.29, 0.717) is 24.6 Å². The van der Waals surface area contributed by atoms with Gasteiger partial charge in [-0.3, -0.25) is 0 Å². The minimum atomic E-state index is -0.774. The van der Waals surface area contributed by atoms with Crippen LogP contribution in [0, 0.1) is 11.3 Å². The average molecular weight is 196 g/mol. The smallest absolute Gasteiger partial charge is 0.156 e. The Morgan fingerprint density at radius 1 is 1.36 bits per heavy atom. The van der Waals surface area contributed by atoms with Gasteiger partial charge in [-0.1, -0.05) is 0 Å². The van der Waals surface area contributed by atoms with Crippen LogP contribution in [-0.2, 0) is 4.74 Å². The highest BCUT2D eigenvalue weighted by atomic mass is 35.5. The summed E-state index contributed by atoms with van der Waals surface area (Å²) in [5.74, 6) is 0.830. The molecule has 0 aromatic heterocycles. The van der Waals surface area contributed by atoms with Crippen molar-refractivity contribution in [3.63, 3.8) is 0 Å². The molecule has 0 bridgehead atoms. The van der Waals surface area contributed by atoms with E-state index in [1.807, 2.05) is 0 Å². The second-order valence-electron chi connectivity index (χ2n) is 2.19. The lowest BCUT2D eigenvalue weighted by Crippen LogP contribution is -2.30. The predicted molar refractivity (Wildman–Crippen MR) is 46.0 cm³/mol. The third-order valence-electron chi connectivity index (χ3n) is 1.59. The highest BCUT2D eigenvalue weighted by Crippen LogP contribution is 2.20. The number of ether oxygens (including phenoxy) is 1. The second kappa shape index (κ2) is 5.65. The molecule has 0 spiro atoms. The van der Waals surface area contributed by atoms with Crippen LogP contribution < -0.4 is 0 Å². The van der Waals surface area contributed by atoms with E-state index in [0.717, 1.165) is 0 Å². The van der Waals surface area contributed by atoms with E-state index in [1.54, 1.807) is 0 Å². The highest BCUT2D eigenvalue weighted by molar-refractivity contribution is 6.18. The largest absolute Gasteiger partial charge is 0.363 e. The minimum Gasteiger partial charge on any atom is -0.363 e. The highest BCUT2D eigenvalue weighted by Gasteiger charge is 2.27. The Bertz CT molecular complexity index is 138. The Labute approximate surface area is 77.0 Å². The molecule has 0 unspecified atom stereocenters. The van der Waals surface area contributed by atoms with E-state index in [9.17, 15) is 0 Å². The Balaban J connectivity index is 4.11. The van der Waals surface area contributed by atoms with Crippen molar-refractivity contribution in [2.24, 2.45) is 0 Å². The Morgan fingerprint density at radius 2 is 1.82 bits per heavy atom. The van der Waals surface area contributed by atoms with Crippen LogP contribution in [0.1, 0.15) is 12.8 Å². The van der Waals surface area contributed by atoms with Gasteiger partial charge in [0.2, 0.25) is 0 Å². The summed E-state index contributed by atoms with van der Waals surface area (Å²) in [6.07, 6.45) is 1.04. The number of halogens is 2. The summed E-state index contributed by atoms with van der Waals surface area (Å²) in [6, 6.07) is 2.08. The van der Waals surface area contributed by atoms with Crippen molar-refractivity contribution in [1.29, 1.82) is 5.26 Å². The quantitative estimate of drug-likeness (QED) is 0.631. The van der Waals surface area contributed by atoms with E-state index in [1.165, 1.54) is 7.11 Å². The molecule has 11 heavy (non-hydrogen) atoms. The number of alkyl halides is 2. The number of hydrogen-bond donors (Lipinski definition) is 0. The van der Waals surface area contributed by atoms with Crippen LogP contribution in [-0.4, -0.2) is 24.5 Å². The summed E-state index contributed by atoms with van der Waals surface area (Å²) in [5.41, 5.74) is -0.774. The lowest BCUT2D eigenvalue weighted by atomic mass is 9.99. The molecule has 0 heterocycles. The van der Waals surface area contributed by atoms with Crippen molar-refractivity contribution in [2.45, 2.75) is 18.4 Å². The first-order valence-corrected chi connectivity index (χ1v) is 4.40. The van der Waals surface area contributed by atoms with Crippen molar-refractivity contribution in [3.8, 4) is 6.07 Å². The summed E-state index contributed by atoms with van der Waals surface area (Å²) in [6.45, 7) is 0. The first-order chi connectivity index (χ1) is 5.24. The van der Waals surface area contributed by atoms with E-state index in [-0.39, 0.29) is 0 Å². The van der Waals surface area contributed by atoms with Gasteiger partial charge in [-0.2, -0.15) is 5.26 Å². The zero-order valence-corrected chi connectivity index (χ0v) is 7.95. The van der Waals surface area contributed by atoms with Gasteiger partial charge in [0.15, 0.2) is 5.60 Å². The molecule has 4 heteroatoms.